The van der Waals surface area contributed by atoms with E-state index in [1.807, 2.05) is 33.9 Å². The van der Waals surface area contributed by atoms with Crippen LogP contribution in [0.15, 0.2) is 6.20 Å². The summed E-state index contributed by atoms with van der Waals surface area (Å²) >= 11 is 0. The monoisotopic (exact) mass is 408 g/mol. The standard InChI is InChI=1S/C17H27F3N2O4Si/c1-11(26-27(6,7)16(2,3)4)10-22-15(17(18,19)20)12(9-21-22)13(23)8-14(24)25-5/h9,11H,8,10H2,1-7H3/t11-/m0/s1. The summed E-state index contributed by atoms with van der Waals surface area (Å²) in [5, 5.41) is 3.63. The summed E-state index contributed by atoms with van der Waals surface area (Å²) in [5.41, 5.74) is -1.82. The number of Topliss-reactive ketones (excluding diaryl/α,β-unsaturated/α-hetero) is 1. The van der Waals surface area contributed by atoms with Gasteiger partial charge in [0.05, 0.1) is 31.5 Å². The summed E-state index contributed by atoms with van der Waals surface area (Å²) in [5.74, 6) is -1.89. The van der Waals surface area contributed by atoms with Gasteiger partial charge in [-0.3, -0.25) is 14.3 Å². The second-order valence-electron chi connectivity index (χ2n) is 7.95. The summed E-state index contributed by atoms with van der Waals surface area (Å²) in [6.07, 6.45) is -5.27. The van der Waals surface area contributed by atoms with Gasteiger partial charge < -0.3 is 9.16 Å². The molecule has 27 heavy (non-hydrogen) atoms. The highest BCUT2D eigenvalue weighted by atomic mass is 28.4. The van der Waals surface area contributed by atoms with Crippen LogP contribution in [0, 0.1) is 0 Å². The molecule has 0 saturated carbocycles. The van der Waals surface area contributed by atoms with Crippen LogP contribution < -0.4 is 0 Å². The molecule has 1 atom stereocenters. The zero-order chi connectivity index (χ0) is 21.2. The van der Waals surface area contributed by atoms with Gasteiger partial charge in [0.15, 0.2) is 19.8 Å². The first-order valence-corrected chi connectivity index (χ1v) is 11.4. The van der Waals surface area contributed by atoms with E-state index >= 15 is 0 Å². The molecule has 6 nitrogen and oxygen atoms in total. The summed E-state index contributed by atoms with van der Waals surface area (Å²) in [7, 11) is -1.12. The SMILES string of the molecule is COC(=O)CC(=O)c1cnn(C[C@H](C)O[Si](C)(C)C(C)(C)C)c1C(F)(F)F. The molecule has 0 amide bonds. The molecule has 0 saturated heterocycles. The number of esters is 1. The maximum atomic E-state index is 13.5. The van der Waals surface area contributed by atoms with Crippen LogP contribution in [-0.4, -0.2) is 43.1 Å². The molecule has 154 valence electrons. The van der Waals surface area contributed by atoms with Crippen molar-refractivity contribution in [3.05, 3.63) is 17.5 Å². The highest BCUT2D eigenvalue weighted by Crippen LogP contribution is 2.38. The van der Waals surface area contributed by atoms with Crippen LogP contribution in [-0.2, 0) is 26.7 Å². The van der Waals surface area contributed by atoms with Crippen molar-refractivity contribution < 1.29 is 31.9 Å². The van der Waals surface area contributed by atoms with Gasteiger partial charge in [-0.05, 0) is 25.1 Å². The molecule has 1 aromatic rings. The van der Waals surface area contributed by atoms with Gasteiger partial charge in [-0.25, -0.2) is 0 Å². The Morgan fingerprint density at radius 2 is 1.81 bits per heavy atom. The molecule has 1 rings (SSSR count). The topological polar surface area (TPSA) is 70.4 Å². The minimum absolute atomic E-state index is 0.0973. The predicted octanol–water partition coefficient (Wildman–Crippen LogP) is 4.06. The molecular weight excluding hydrogens is 381 g/mol. The highest BCUT2D eigenvalue weighted by molar-refractivity contribution is 6.74. The van der Waals surface area contributed by atoms with Gasteiger partial charge in [0.2, 0.25) is 0 Å². The van der Waals surface area contributed by atoms with Crippen LogP contribution >= 0.6 is 0 Å². The van der Waals surface area contributed by atoms with E-state index in [-0.39, 0.29) is 11.6 Å². The van der Waals surface area contributed by atoms with E-state index in [0.29, 0.717) is 0 Å². The van der Waals surface area contributed by atoms with Crippen molar-refractivity contribution in [2.75, 3.05) is 7.11 Å². The number of alkyl halides is 3. The molecule has 0 unspecified atom stereocenters. The number of ether oxygens (including phenoxy) is 1. The molecule has 10 heteroatoms. The van der Waals surface area contributed by atoms with Gasteiger partial charge in [0, 0.05) is 0 Å². The number of nitrogens with zero attached hydrogens (tertiary/aromatic N) is 2. The summed E-state index contributed by atoms with van der Waals surface area (Å²) in [4.78, 5) is 23.3. The molecule has 0 aliphatic rings. The van der Waals surface area contributed by atoms with E-state index in [9.17, 15) is 22.8 Å². The Morgan fingerprint density at radius 3 is 2.26 bits per heavy atom. The van der Waals surface area contributed by atoms with Crippen LogP contribution in [0.1, 0.15) is 50.2 Å². The highest BCUT2D eigenvalue weighted by Gasteiger charge is 2.42. The molecule has 0 bridgehead atoms. The summed E-state index contributed by atoms with van der Waals surface area (Å²) < 4.78 is 51.8. The first kappa shape index (κ1) is 23.4. The van der Waals surface area contributed by atoms with E-state index in [1.54, 1.807) is 6.92 Å². The average Bonchev–Trinajstić information content (AvgIpc) is 2.88. The van der Waals surface area contributed by atoms with Crippen molar-refractivity contribution in [3.8, 4) is 0 Å². The zero-order valence-electron chi connectivity index (χ0n) is 16.7. The van der Waals surface area contributed by atoms with Crippen molar-refractivity contribution in [1.29, 1.82) is 0 Å². The number of aromatic nitrogens is 2. The van der Waals surface area contributed by atoms with Gasteiger partial charge in [-0.15, -0.1) is 0 Å². The molecule has 0 fully saturated rings. The van der Waals surface area contributed by atoms with Gasteiger partial charge in [-0.1, -0.05) is 20.8 Å². The fourth-order valence-electron chi connectivity index (χ4n) is 2.29. The van der Waals surface area contributed by atoms with Crippen LogP contribution in [0.5, 0.6) is 0 Å². The van der Waals surface area contributed by atoms with Crippen molar-refractivity contribution in [2.24, 2.45) is 0 Å². The number of halogens is 3. The second kappa shape index (κ2) is 8.13. The minimum Gasteiger partial charge on any atom is -0.469 e. The summed E-state index contributed by atoms with van der Waals surface area (Å²) in [6.45, 7) is 11.6. The molecule has 0 spiro atoms. The maximum Gasteiger partial charge on any atom is 0.433 e. The number of rotatable bonds is 7. The second-order valence-corrected chi connectivity index (χ2v) is 12.7. The molecule has 1 aromatic heterocycles. The molecule has 0 aliphatic heterocycles. The lowest BCUT2D eigenvalue weighted by Crippen LogP contribution is -2.44. The van der Waals surface area contributed by atoms with Gasteiger partial charge in [0.1, 0.15) is 6.42 Å². The van der Waals surface area contributed by atoms with Crippen molar-refractivity contribution in [3.63, 3.8) is 0 Å². The van der Waals surface area contributed by atoms with Crippen molar-refractivity contribution in [1.82, 2.24) is 9.78 Å². The molecular formula is C17H27F3N2O4Si. The van der Waals surface area contributed by atoms with Crippen LogP contribution in [0.4, 0.5) is 13.2 Å². The van der Waals surface area contributed by atoms with E-state index in [1.165, 1.54) is 0 Å². The molecule has 0 aromatic carbocycles. The zero-order valence-corrected chi connectivity index (χ0v) is 17.7. The third-order valence-corrected chi connectivity index (χ3v) is 9.28. The van der Waals surface area contributed by atoms with Gasteiger partial charge in [-0.2, -0.15) is 18.3 Å². The van der Waals surface area contributed by atoms with Gasteiger partial charge >= 0.3 is 12.1 Å². The quantitative estimate of drug-likeness (QED) is 0.295. The fraction of sp³-hybridized carbons (Fsp3) is 0.706. The average molecular weight is 408 g/mol. The first-order valence-electron chi connectivity index (χ1n) is 8.51. The Hall–Kier alpha value is -1.68. The van der Waals surface area contributed by atoms with Crippen molar-refractivity contribution in [2.45, 2.75) is 71.1 Å². The fourth-order valence-corrected chi connectivity index (χ4v) is 3.72. The predicted molar refractivity (Wildman–Crippen MR) is 95.9 cm³/mol. The van der Waals surface area contributed by atoms with E-state index in [4.69, 9.17) is 4.43 Å². The Bertz CT molecular complexity index is 693. The molecule has 0 radical (unpaired) electrons. The van der Waals surface area contributed by atoms with Gasteiger partial charge in [0.25, 0.3) is 0 Å². The Kier molecular flexibility index (Phi) is 7.04. The summed E-state index contributed by atoms with van der Waals surface area (Å²) in [6, 6.07) is 0. The van der Waals surface area contributed by atoms with E-state index in [2.05, 4.69) is 9.84 Å². The number of ketones is 1. The molecule has 0 N–H and O–H groups in total. The first-order chi connectivity index (χ1) is 12.1. The number of hydrogen-bond donors (Lipinski definition) is 0. The lowest BCUT2D eigenvalue weighted by atomic mass is 10.1. The number of carbonyl (C=O) groups is 2. The van der Waals surface area contributed by atoms with Crippen molar-refractivity contribution >= 4 is 20.1 Å². The lowest BCUT2D eigenvalue weighted by molar-refractivity contribution is -0.145. The lowest BCUT2D eigenvalue weighted by Gasteiger charge is -2.38. The smallest absolute Gasteiger partial charge is 0.433 e. The third-order valence-electron chi connectivity index (χ3n) is 4.67. The van der Waals surface area contributed by atoms with E-state index < -0.39 is 50.0 Å². The Balaban J connectivity index is 3.12. The number of hydrogen-bond acceptors (Lipinski definition) is 5. The maximum absolute atomic E-state index is 13.5. The molecule has 1 heterocycles. The third kappa shape index (κ3) is 5.90. The normalized spacial score (nSPS) is 14.1. The molecule has 0 aliphatic carbocycles. The Morgan fingerprint density at radius 1 is 1.26 bits per heavy atom. The largest absolute Gasteiger partial charge is 0.469 e. The number of methoxy groups -OCH3 is 1. The van der Waals surface area contributed by atoms with Crippen LogP contribution in [0.2, 0.25) is 18.1 Å². The minimum atomic E-state index is -4.80. The van der Waals surface area contributed by atoms with Crippen LogP contribution in [0.3, 0.4) is 0 Å². The Labute approximate surface area is 158 Å². The van der Waals surface area contributed by atoms with E-state index in [0.717, 1.165) is 18.0 Å². The van der Waals surface area contributed by atoms with Crippen LogP contribution in [0.25, 0.3) is 0 Å². The number of carbonyl (C=O) groups excluding carboxylic acids is 2.